The Kier molecular flexibility index (Phi) is 7.10. The van der Waals surface area contributed by atoms with Crippen LogP contribution in [0.4, 0.5) is 0 Å². The fourth-order valence-electron chi connectivity index (χ4n) is 1.64. The third kappa shape index (κ3) is 5.85. The molecule has 1 unspecified atom stereocenters. The van der Waals surface area contributed by atoms with E-state index in [1.165, 1.54) is 0 Å². The molecule has 0 saturated carbocycles. The molecule has 0 aromatic heterocycles. The number of hydrogen-bond donors (Lipinski definition) is 7. The number of aliphatic hydroxyl groups excluding tert-OH is 5. The van der Waals surface area contributed by atoms with Crippen molar-refractivity contribution in [3.8, 4) is 0 Å². The Morgan fingerprint density at radius 3 is 2.24 bits per heavy atom. The second-order valence-corrected chi connectivity index (χ2v) is 5.71. The van der Waals surface area contributed by atoms with E-state index in [9.17, 15) is 25.0 Å². The smallest absolute Gasteiger partial charge is 0.394 e. The highest BCUT2D eigenvalue weighted by molar-refractivity contribution is 7.46. The lowest BCUT2D eigenvalue weighted by molar-refractivity contribution is -0.304. The predicted molar refractivity (Wildman–Crippen MR) is 63.7 cm³/mol. The van der Waals surface area contributed by atoms with E-state index in [1.807, 2.05) is 0 Å². The van der Waals surface area contributed by atoms with Crippen molar-refractivity contribution >= 4 is 7.82 Å². The Balaban J connectivity index is 2.44. The zero-order chi connectivity index (χ0) is 16.2. The SMILES string of the molecule is O=P(O)(O)OCC(O)CO[C@H]1O[C@H](CO)[C@H](O)[C@H](O)[C@H]1O. The summed E-state index contributed by atoms with van der Waals surface area (Å²) in [6.45, 7) is -1.88. The molecule has 1 heterocycles. The first kappa shape index (κ1) is 18.9. The van der Waals surface area contributed by atoms with Crippen LogP contribution in [0.1, 0.15) is 0 Å². The summed E-state index contributed by atoms with van der Waals surface area (Å²) in [7, 11) is -4.72. The highest BCUT2D eigenvalue weighted by Gasteiger charge is 2.44. The molecule has 1 rings (SSSR count). The van der Waals surface area contributed by atoms with Gasteiger partial charge >= 0.3 is 7.82 Å². The van der Waals surface area contributed by atoms with Crippen molar-refractivity contribution in [3.05, 3.63) is 0 Å². The second-order valence-electron chi connectivity index (χ2n) is 4.47. The van der Waals surface area contributed by atoms with E-state index in [-0.39, 0.29) is 0 Å². The number of hydrogen-bond acceptors (Lipinski definition) is 9. The lowest BCUT2D eigenvalue weighted by Gasteiger charge is -2.39. The molecule has 21 heavy (non-hydrogen) atoms. The van der Waals surface area contributed by atoms with Crippen molar-refractivity contribution < 1.29 is 53.9 Å². The van der Waals surface area contributed by atoms with E-state index in [2.05, 4.69) is 4.52 Å². The molecule has 7 N–H and O–H groups in total. The monoisotopic (exact) mass is 334 g/mol. The molecule has 0 aromatic rings. The summed E-state index contributed by atoms with van der Waals surface area (Å²) >= 11 is 0. The van der Waals surface area contributed by atoms with Gasteiger partial charge in [0.2, 0.25) is 0 Å². The summed E-state index contributed by atoms with van der Waals surface area (Å²) in [5, 5.41) is 46.9. The van der Waals surface area contributed by atoms with E-state index in [0.717, 1.165) is 0 Å². The molecule has 126 valence electrons. The summed E-state index contributed by atoms with van der Waals surface area (Å²) in [5.41, 5.74) is 0. The van der Waals surface area contributed by atoms with Crippen molar-refractivity contribution in [1.29, 1.82) is 0 Å². The normalized spacial score (nSPS) is 35.7. The van der Waals surface area contributed by atoms with Crippen LogP contribution in [0.3, 0.4) is 0 Å². The second kappa shape index (κ2) is 7.90. The molecule has 11 nitrogen and oxygen atoms in total. The summed E-state index contributed by atoms with van der Waals surface area (Å²) in [4.78, 5) is 16.9. The zero-order valence-electron chi connectivity index (χ0n) is 10.8. The number of aliphatic hydroxyl groups is 5. The van der Waals surface area contributed by atoms with E-state index >= 15 is 0 Å². The maximum atomic E-state index is 10.4. The van der Waals surface area contributed by atoms with Gasteiger partial charge in [0.15, 0.2) is 6.29 Å². The third-order valence-corrected chi connectivity index (χ3v) is 3.22. The van der Waals surface area contributed by atoms with E-state index < -0.39 is 64.5 Å². The molecule has 0 aliphatic carbocycles. The number of phosphoric ester groups is 1. The molecule has 1 fully saturated rings. The Morgan fingerprint density at radius 1 is 1.10 bits per heavy atom. The molecule has 0 radical (unpaired) electrons. The van der Waals surface area contributed by atoms with Gasteiger partial charge in [-0.1, -0.05) is 0 Å². The summed E-state index contributed by atoms with van der Waals surface area (Å²) < 4.78 is 24.4. The first-order valence-electron chi connectivity index (χ1n) is 5.96. The van der Waals surface area contributed by atoms with E-state index in [0.29, 0.717) is 0 Å². The molecule has 1 aliphatic rings. The van der Waals surface area contributed by atoms with Crippen LogP contribution in [0.2, 0.25) is 0 Å². The molecule has 0 aromatic carbocycles. The molecule has 6 atom stereocenters. The molecule has 1 aliphatic heterocycles. The molecule has 0 spiro atoms. The van der Waals surface area contributed by atoms with Gasteiger partial charge in [-0.2, -0.15) is 0 Å². The molecule has 1 saturated heterocycles. The molecule has 12 heteroatoms. The highest BCUT2D eigenvalue weighted by atomic mass is 31.2. The average molecular weight is 334 g/mol. The minimum atomic E-state index is -4.72. The number of rotatable bonds is 7. The first-order valence-corrected chi connectivity index (χ1v) is 7.49. The lowest BCUT2D eigenvalue weighted by Crippen LogP contribution is -2.59. The van der Waals surface area contributed by atoms with Crippen LogP contribution in [-0.2, 0) is 18.6 Å². The van der Waals surface area contributed by atoms with Gasteiger partial charge in [-0.15, -0.1) is 0 Å². The van der Waals surface area contributed by atoms with Crippen LogP contribution in [0.15, 0.2) is 0 Å². The van der Waals surface area contributed by atoms with Gasteiger partial charge in [-0.05, 0) is 0 Å². The van der Waals surface area contributed by atoms with Crippen LogP contribution in [0, 0.1) is 0 Å². The average Bonchev–Trinajstić information content (AvgIpc) is 2.41. The summed E-state index contributed by atoms with van der Waals surface area (Å²) in [6, 6.07) is 0. The number of ether oxygens (including phenoxy) is 2. The van der Waals surface area contributed by atoms with Gasteiger partial charge in [0.1, 0.15) is 30.5 Å². The minimum Gasteiger partial charge on any atom is -0.394 e. The Morgan fingerprint density at radius 2 is 1.71 bits per heavy atom. The molecule has 0 amide bonds. The van der Waals surface area contributed by atoms with Gasteiger partial charge in [0.25, 0.3) is 0 Å². The first-order chi connectivity index (χ1) is 9.65. The van der Waals surface area contributed by atoms with Gasteiger partial charge < -0.3 is 44.8 Å². The topological polar surface area (TPSA) is 186 Å². The maximum absolute atomic E-state index is 10.4. The van der Waals surface area contributed by atoms with Crippen LogP contribution in [0.5, 0.6) is 0 Å². The van der Waals surface area contributed by atoms with Gasteiger partial charge in [0.05, 0.1) is 19.8 Å². The molecular formula is C9H19O11P. The third-order valence-electron chi connectivity index (χ3n) is 2.74. The number of phosphoric acid groups is 1. The summed E-state index contributed by atoms with van der Waals surface area (Å²) in [5.74, 6) is 0. The highest BCUT2D eigenvalue weighted by Crippen LogP contribution is 2.35. The largest absolute Gasteiger partial charge is 0.469 e. The van der Waals surface area contributed by atoms with Crippen molar-refractivity contribution in [2.75, 3.05) is 19.8 Å². The van der Waals surface area contributed by atoms with Crippen molar-refractivity contribution in [2.24, 2.45) is 0 Å². The van der Waals surface area contributed by atoms with Crippen LogP contribution in [0.25, 0.3) is 0 Å². The van der Waals surface area contributed by atoms with Crippen molar-refractivity contribution in [3.63, 3.8) is 0 Å². The maximum Gasteiger partial charge on any atom is 0.469 e. The quantitative estimate of drug-likeness (QED) is 0.227. The van der Waals surface area contributed by atoms with Gasteiger partial charge in [-0.25, -0.2) is 4.57 Å². The fourth-order valence-corrected chi connectivity index (χ4v) is 2.01. The van der Waals surface area contributed by atoms with E-state index in [1.54, 1.807) is 0 Å². The van der Waals surface area contributed by atoms with Crippen LogP contribution < -0.4 is 0 Å². The standard InChI is InChI=1S/C9H19O11P/c10-1-5-6(12)7(13)8(14)9(20-5)18-2-4(11)3-19-21(15,16)17/h4-14H,1-3H2,(H2,15,16,17)/t4?,5-,6+,7+,8-,9+/m1/s1. The molecular weight excluding hydrogens is 315 g/mol. The minimum absolute atomic E-state index is 0.525. The molecule has 0 bridgehead atoms. The Hall–Kier alpha value is -0.170. The van der Waals surface area contributed by atoms with Gasteiger partial charge in [-0.3, -0.25) is 4.52 Å². The fraction of sp³-hybridized carbons (Fsp3) is 1.00. The van der Waals surface area contributed by atoms with Gasteiger partial charge in [0, 0.05) is 0 Å². The predicted octanol–water partition coefficient (Wildman–Crippen LogP) is -3.73. The summed E-state index contributed by atoms with van der Waals surface area (Å²) in [6.07, 6.45) is -8.80. The van der Waals surface area contributed by atoms with Crippen molar-refractivity contribution in [2.45, 2.75) is 36.8 Å². The van der Waals surface area contributed by atoms with Crippen LogP contribution >= 0.6 is 7.82 Å². The Labute approximate surface area is 119 Å². The van der Waals surface area contributed by atoms with Crippen LogP contribution in [-0.4, -0.2) is 91.9 Å². The van der Waals surface area contributed by atoms with Crippen molar-refractivity contribution in [1.82, 2.24) is 0 Å². The Bertz CT molecular complexity index is 358. The van der Waals surface area contributed by atoms with E-state index in [4.69, 9.17) is 24.4 Å². The zero-order valence-corrected chi connectivity index (χ0v) is 11.7. The lowest BCUT2D eigenvalue weighted by atomic mass is 9.99.